The van der Waals surface area contributed by atoms with Crippen LogP contribution in [0.4, 0.5) is 0 Å². The molecule has 0 heterocycles. The first kappa shape index (κ1) is 13.4. The molecule has 0 amide bonds. The van der Waals surface area contributed by atoms with Gasteiger partial charge >= 0.3 is 5.97 Å². The Morgan fingerprint density at radius 2 is 1.71 bits per heavy atom. The maximum absolute atomic E-state index is 11.4. The van der Waals surface area contributed by atoms with E-state index in [2.05, 4.69) is 0 Å². The van der Waals surface area contributed by atoms with Gasteiger partial charge in [-0.3, -0.25) is 4.79 Å². The number of carbonyl (C=O) groups excluding carboxylic acids is 1. The van der Waals surface area contributed by atoms with Crippen LogP contribution in [0.2, 0.25) is 0 Å². The summed E-state index contributed by atoms with van der Waals surface area (Å²) in [5.74, 6) is -0.184. The van der Waals surface area contributed by atoms with Gasteiger partial charge in [0.05, 0.1) is 17.6 Å². The Labute approximate surface area is 86.8 Å². The molecule has 0 aromatic carbocycles. The fourth-order valence-electron chi connectivity index (χ4n) is 0.913. The summed E-state index contributed by atoms with van der Waals surface area (Å²) in [6.45, 7) is 11.7. The molecule has 0 aliphatic heterocycles. The van der Waals surface area contributed by atoms with Gasteiger partial charge in [-0.2, -0.15) is 0 Å². The van der Waals surface area contributed by atoms with E-state index in [1.807, 2.05) is 41.5 Å². The summed E-state index contributed by atoms with van der Waals surface area (Å²) in [7, 11) is 0. The summed E-state index contributed by atoms with van der Waals surface area (Å²) in [6, 6.07) is 0. The van der Waals surface area contributed by atoms with Crippen molar-refractivity contribution in [2.45, 2.75) is 53.8 Å². The molecule has 0 radical (unpaired) electrons. The normalized spacial score (nSPS) is 14.2. The minimum atomic E-state index is -0.433. The molecule has 0 saturated heterocycles. The Kier molecular flexibility index (Phi) is 5.13. The molecule has 0 bridgehead atoms. The van der Waals surface area contributed by atoms with E-state index in [1.165, 1.54) is 0 Å². The summed E-state index contributed by atoms with van der Waals surface area (Å²) in [4.78, 5) is 11.4. The summed E-state index contributed by atoms with van der Waals surface area (Å²) in [6.07, 6.45) is 0.125. The first-order valence-electron chi connectivity index (χ1n) is 5.06. The topological polar surface area (TPSA) is 35.5 Å². The van der Waals surface area contributed by atoms with E-state index in [0.717, 1.165) is 0 Å². The van der Waals surface area contributed by atoms with Gasteiger partial charge in [0.2, 0.25) is 0 Å². The molecule has 0 aliphatic carbocycles. The number of esters is 1. The van der Waals surface area contributed by atoms with Crippen LogP contribution in [-0.4, -0.2) is 24.8 Å². The highest BCUT2D eigenvalue weighted by Crippen LogP contribution is 2.15. The van der Waals surface area contributed by atoms with Crippen LogP contribution in [0.3, 0.4) is 0 Å². The van der Waals surface area contributed by atoms with Gasteiger partial charge in [-0.05, 0) is 41.5 Å². The van der Waals surface area contributed by atoms with Crippen LogP contribution in [0.25, 0.3) is 0 Å². The first-order chi connectivity index (χ1) is 6.23. The maximum atomic E-state index is 11.4. The zero-order valence-electron chi connectivity index (χ0n) is 10.1. The average molecular weight is 202 g/mol. The number of hydrogen-bond acceptors (Lipinski definition) is 3. The third-order valence-electron chi connectivity index (χ3n) is 1.57. The molecule has 14 heavy (non-hydrogen) atoms. The van der Waals surface area contributed by atoms with Crippen molar-refractivity contribution in [1.82, 2.24) is 0 Å². The van der Waals surface area contributed by atoms with Gasteiger partial charge in [0, 0.05) is 0 Å². The van der Waals surface area contributed by atoms with E-state index in [4.69, 9.17) is 9.47 Å². The highest BCUT2D eigenvalue weighted by atomic mass is 16.6. The fraction of sp³-hybridized carbons (Fsp3) is 0.909. The SMILES string of the molecule is CC(C)OC(C)COC(=O)C(C)(C)C. The molecule has 0 saturated carbocycles. The summed E-state index contributed by atoms with van der Waals surface area (Å²) < 4.78 is 10.5. The minimum absolute atomic E-state index is 0.0405. The van der Waals surface area contributed by atoms with Crippen LogP contribution >= 0.6 is 0 Å². The second-order valence-electron chi connectivity index (χ2n) is 4.84. The lowest BCUT2D eigenvalue weighted by Crippen LogP contribution is -2.28. The van der Waals surface area contributed by atoms with E-state index in [0.29, 0.717) is 6.61 Å². The van der Waals surface area contributed by atoms with Crippen molar-refractivity contribution in [1.29, 1.82) is 0 Å². The van der Waals surface area contributed by atoms with Gasteiger partial charge in [0.25, 0.3) is 0 Å². The van der Waals surface area contributed by atoms with Gasteiger partial charge in [-0.1, -0.05) is 0 Å². The number of ether oxygens (including phenoxy) is 2. The molecular formula is C11H22O3. The average Bonchev–Trinajstić information content (AvgIpc) is 1.96. The van der Waals surface area contributed by atoms with Crippen molar-refractivity contribution >= 4 is 5.97 Å². The lowest BCUT2D eigenvalue weighted by atomic mass is 9.97. The van der Waals surface area contributed by atoms with Crippen LogP contribution in [0.1, 0.15) is 41.5 Å². The second-order valence-corrected chi connectivity index (χ2v) is 4.84. The van der Waals surface area contributed by atoms with E-state index < -0.39 is 5.41 Å². The maximum Gasteiger partial charge on any atom is 0.311 e. The van der Waals surface area contributed by atoms with Crippen LogP contribution in [-0.2, 0) is 14.3 Å². The number of hydrogen-bond donors (Lipinski definition) is 0. The zero-order valence-corrected chi connectivity index (χ0v) is 10.1. The van der Waals surface area contributed by atoms with Gasteiger partial charge in [0.15, 0.2) is 0 Å². The first-order valence-corrected chi connectivity index (χ1v) is 5.06. The van der Waals surface area contributed by atoms with Gasteiger partial charge in [0.1, 0.15) is 6.61 Å². The summed E-state index contributed by atoms with van der Waals surface area (Å²) >= 11 is 0. The van der Waals surface area contributed by atoms with Crippen LogP contribution < -0.4 is 0 Å². The molecule has 0 aliphatic rings. The molecule has 1 unspecified atom stereocenters. The molecular weight excluding hydrogens is 180 g/mol. The van der Waals surface area contributed by atoms with Crippen LogP contribution in [0, 0.1) is 5.41 Å². The van der Waals surface area contributed by atoms with Crippen LogP contribution in [0.15, 0.2) is 0 Å². The summed E-state index contributed by atoms with van der Waals surface area (Å²) in [5.41, 5.74) is -0.433. The van der Waals surface area contributed by atoms with Crippen molar-refractivity contribution in [2.24, 2.45) is 5.41 Å². The van der Waals surface area contributed by atoms with Crippen molar-refractivity contribution in [2.75, 3.05) is 6.61 Å². The molecule has 3 heteroatoms. The largest absolute Gasteiger partial charge is 0.463 e. The van der Waals surface area contributed by atoms with E-state index in [1.54, 1.807) is 0 Å². The number of carbonyl (C=O) groups is 1. The quantitative estimate of drug-likeness (QED) is 0.657. The Bertz CT molecular complexity index is 179. The van der Waals surface area contributed by atoms with Crippen molar-refractivity contribution < 1.29 is 14.3 Å². The van der Waals surface area contributed by atoms with Crippen LogP contribution in [0.5, 0.6) is 0 Å². The van der Waals surface area contributed by atoms with Gasteiger partial charge in [-0.15, -0.1) is 0 Å². The standard InChI is InChI=1S/C11H22O3/c1-8(2)14-9(3)7-13-10(12)11(4,5)6/h8-9H,7H2,1-6H3. The highest BCUT2D eigenvalue weighted by Gasteiger charge is 2.23. The smallest absolute Gasteiger partial charge is 0.311 e. The summed E-state index contributed by atoms with van der Waals surface area (Å²) in [5, 5.41) is 0. The Morgan fingerprint density at radius 1 is 1.21 bits per heavy atom. The highest BCUT2D eigenvalue weighted by molar-refractivity contribution is 5.75. The molecule has 0 spiro atoms. The van der Waals surface area contributed by atoms with E-state index >= 15 is 0 Å². The third-order valence-corrected chi connectivity index (χ3v) is 1.57. The number of rotatable bonds is 4. The van der Waals surface area contributed by atoms with Crippen molar-refractivity contribution in [3.05, 3.63) is 0 Å². The van der Waals surface area contributed by atoms with Crippen molar-refractivity contribution in [3.63, 3.8) is 0 Å². The predicted molar refractivity (Wildman–Crippen MR) is 56.1 cm³/mol. The third kappa shape index (κ3) is 5.97. The molecule has 0 rings (SSSR count). The predicted octanol–water partition coefficient (Wildman–Crippen LogP) is 2.39. The monoisotopic (exact) mass is 202 g/mol. The molecule has 84 valence electrons. The Hall–Kier alpha value is -0.570. The molecule has 0 aromatic heterocycles. The van der Waals surface area contributed by atoms with Crippen molar-refractivity contribution in [3.8, 4) is 0 Å². The van der Waals surface area contributed by atoms with E-state index in [9.17, 15) is 4.79 Å². The molecule has 0 aromatic rings. The lowest BCUT2D eigenvalue weighted by Gasteiger charge is -2.20. The lowest BCUT2D eigenvalue weighted by molar-refractivity contribution is -0.157. The van der Waals surface area contributed by atoms with Gasteiger partial charge < -0.3 is 9.47 Å². The molecule has 3 nitrogen and oxygen atoms in total. The molecule has 0 N–H and O–H groups in total. The molecule has 0 fully saturated rings. The zero-order chi connectivity index (χ0) is 11.4. The fourth-order valence-corrected chi connectivity index (χ4v) is 0.913. The Balaban J connectivity index is 3.78. The second kappa shape index (κ2) is 5.35. The van der Waals surface area contributed by atoms with Gasteiger partial charge in [-0.25, -0.2) is 0 Å². The Morgan fingerprint density at radius 3 is 2.07 bits per heavy atom. The molecule has 1 atom stereocenters. The van der Waals surface area contributed by atoms with E-state index in [-0.39, 0.29) is 18.2 Å². The minimum Gasteiger partial charge on any atom is -0.463 e.